The fraction of sp³-hybridized carbons (Fsp3) is 0.184. The maximum absolute atomic E-state index is 13.7. The highest BCUT2D eigenvalue weighted by molar-refractivity contribution is 7.14. The molecule has 0 saturated carbocycles. The lowest BCUT2D eigenvalue weighted by Crippen LogP contribution is -2.48. The molecule has 1 unspecified atom stereocenters. The topological polar surface area (TPSA) is 157 Å². The SMILES string of the molecule is Cc1nc2[nH]cc(C(C)c3ccc(C(=O)N[C@@H](CCC(=O)NC(c4ccccc4)(c4ccccc4)c4ccccc4)C(=O)O)s3)c2c(=O)[nH]1. The Balaban J connectivity index is 1.18. The van der Waals surface area contributed by atoms with E-state index < -0.39 is 23.5 Å². The maximum atomic E-state index is 13.7. The Bertz CT molecular complexity index is 2060. The minimum atomic E-state index is -1.30. The Hall–Kier alpha value is -5.81. The number of aromatic amines is 2. The number of carboxylic acid groups (broad SMARTS) is 1. The van der Waals surface area contributed by atoms with Gasteiger partial charge >= 0.3 is 5.97 Å². The molecule has 0 aliphatic heterocycles. The zero-order chi connectivity index (χ0) is 34.5. The van der Waals surface area contributed by atoms with E-state index in [0.29, 0.717) is 21.7 Å². The molecule has 0 bridgehead atoms. The minimum absolute atomic E-state index is 0.124. The summed E-state index contributed by atoms with van der Waals surface area (Å²) < 4.78 is 0. The molecule has 0 saturated heterocycles. The normalized spacial score (nSPS) is 12.7. The van der Waals surface area contributed by atoms with Crippen molar-refractivity contribution in [2.45, 2.75) is 44.2 Å². The summed E-state index contributed by atoms with van der Waals surface area (Å²) in [7, 11) is 0. The molecule has 0 radical (unpaired) electrons. The predicted octanol–water partition coefficient (Wildman–Crippen LogP) is 5.84. The first kappa shape index (κ1) is 33.1. The summed E-state index contributed by atoms with van der Waals surface area (Å²) in [5.74, 6) is -1.90. The summed E-state index contributed by atoms with van der Waals surface area (Å²) in [4.78, 5) is 63.2. The molecule has 2 amide bonds. The number of carbonyl (C=O) groups is 3. The number of aliphatic carboxylic acids is 1. The smallest absolute Gasteiger partial charge is 0.326 e. The molecule has 11 heteroatoms. The van der Waals surface area contributed by atoms with E-state index in [1.54, 1.807) is 25.3 Å². The largest absolute Gasteiger partial charge is 0.480 e. The van der Waals surface area contributed by atoms with Gasteiger partial charge in [0.25, 0.3) is 11.5 Å². The maximum Gasteiger partial charge on any atom is 0.326 e. The van der Waals surface area contributed by atoms with E-state index in [1.807, 2.05) is 97.9 Å². The number of rotatable bonds is 12. The molecule has 6 rings (SSSR count). The molecule has 5 N–H and O–H groups in total. The molecule has 0 aliphatic carbocycles. The number of hydrogen-bond acceptors (Lipinski definition) is 6. The van der Waals surface area contributed by atoms with Crippen LogP contribution in [0.25, 0.3) is 11.0 Å². The Kier molecular flexibility index (Phi) is 9.54. The highest BCUT2D eigenvalue weighted by Gasteiger charge is 2.38. The monoisotopic (exact) mass is 673 g/mol. The Morgan fingerprint density at radius 1 is 0.878 bits per heavy atom. The highest BCUT2D eigenvalue weighted by Crippen LogP contribution is 2.37. The van der Waals surface area contributed by atoms with E-state index >= 15 is 0 Å². The third kappa shape index (κ3) is 6.79. The van der Waals surface area contributed by atoms with Crippen LogP contribution in [0.3, 0.4) is 0 Å². The van der Waals surface area contributed by atoms with Gasteiger partial charge in [0.15, 0.2) is 0 Å². The van der Waals surface area contributed by atoms with Crippen molar-refractivity contribution in [1.82, 2.24) is 25.6 Å². The summed E-state index contributed by atoms with van der Waals surface area (Å²) in [5.41, 5.74) is 2.46. The molecule has 3 heterocycles. The van der Waals surface area contributed by atoms with Gasteiger partial charge in [-0.2, -0.15) is 0 Å². The van der Waals surface area contributed by atoms with Crippen molar-refractivity contribution < 1.29 is 19.5 Å². The van der Waals surface area contributed by atoms with Crippen LogP contribution in [-0.2, 0) is 15.1 Å². The molecule has 3 aromatic carbocycles. The van der Waals surface area contributed by atoms with Gasteiger partial charge in [0, 0.05) is 23.4 Å². The van der Waals surface area contributed by atoms with Crippen molar-refractivity contribution in [3.8, 4) is 0 Å². The number of thiophene rings is 1. The number of carboxylic acids is 1. The van der Waals surface area contributed by atoms with Crippen LogP contribution in [0.15, 0.2) is 114 Å². The van der Waals surface area contributed by atoms with Crippen molar-refractivity contribution in [1.29, 1.82) is 0 Å². The lowest BCUT2D eigenvalue weighted by atomic mass is 9.77. The molecule has 6 aromatic rings. The van der Waals surface area contributed by atoms with Gasteiger partial charge in [-0.25, -0.2) is 9.78 Å². The average Bonchev–Trinajstić information content (AvgIpc) is 3.78. The van der Waals surface area contributed by atoms with Crippen molar-refractivity contribution in [3.05, 3.63) is 158 Å². The third-order valence-electron chi connectivity index (χ3n) is 8.65. The molecule has 0 spiro atoms. The number of carbonyl (C=O) groups excluding carboxylic acids is 2. The van der Waals surface area contributed by atoms with Crippen LogP contribution < -0.4 is 16.2 Å². The number of H-pyrrole nitrogens is 2. The van der Waals surface area contributed by atoms with Crippen LogP contribution in [0.2, 0.25) is 0 Å². The van der Waals surface area contributed by atoms with E-state index in [9.17, 15) is 24.3 Å². The van der Waals surface area contributed by atoms with Gasteiger partial charge in [-0.1, -0.05) is 97.9 Å². The summed E-state index contributed by atoms with van der Waals surface area (Å²) in [6.45, 7) is 3.63. The van der Waals surface area contributed by atoms with Gasteiger partial charge in [-0.15, -0.1) is 11.3 Å². The lowest BCUT2D eigenvalue weighted by molar-refractivity contribution is -0.139. The number of aryl methyl sites for hydroxylation is 1. The van der Waals surface area contributed by atoms with Crippen LogP contribution in [0.4, 0.5) is 0 Å². The van der Waals surface area contributed by atoms with E-state index in [4.69, 9.17) is 0 Å². The number of nitrogens with one attached hydrogen (secondary N) is 4. The van der Waals surface area contributed by atoms with Crippen LogP contribution in [0.5, 0.6) is 0 Å². The lowest BCUT2D eigenvalue weighted by Gasteiger charge is -2.37. The zero-order valence-electron chi connectivity index (χ0n) is 26.9. The quantitative estimate of drug-likeness (QED) is 0.103. The molecular weight excluding hydrogens is 639 g/mol. The third-order valence-corrected chi connectivity index (χ3v) is 9.91. The Labute approximate surface area is 286 Å². The molecular formula is C38H35N5O5S. The van der Waals surface area contributed by atoms with Crippen LogP contribution in [-0.4, -0.2) is 43.9 Å². The van der Waals surface area contributed by atoms with Gasteiger partial charge in [0.05, 0.1) is 10.3 Å². The van der Waals surface area contributed by atoms with E-state index in [1.165, 1.54) is 11.3 Å². The number of benzene rings is 3. The number of amides is 2. The fourth-order valence-corrected chi connectivity index (χ4v) is 7.18. The van der Waals surface area contributed by atoms with Crippen molar-refractivity contribution in [2.24, 2.45) is 0 Å². The number of nitrogens with zero attached hydrogens (tertiary/aromatic N) is 1. The number of fused-ring (bicyclic) bond motifs is 1. The van der Waals surface area contributed by atoms with Gasteiger partial charge in [-0.05, 0) is 47.7 Å². The van der Waals surface area contributed by atoms with Gasteiger partial charge in [0.1, 0.15) is 23.1 Å². The Morgan fingerprint density at radius 3 is 2.00 bits per heavy atom. The second kappa shape index (κ2) is 14.1. The first-order valence-electron chi connectivity index (χ1n) is 15.9. The van der Waals surface area contributed by atoms with Crippen LogP contribution in [0, 0.1) is 6.92 Å². The summed E-state index contributed by atoms with van der Waals surface area (Å²) in [6, 6.07) is 31.0. The van der Waals surface area contributed by atoms with Crippen molar-refractivity contribution >= 4 is 40.2 Å². The number of aromatic nitrogens is 3. The molecule has 3 aromatic heterocycles. The molecule has 248 valence electrons. The molecule has 49 heavy (non-hydrogen) atoms. The van der Waals surface area contributed by atoms with Gasteiger partial charge in [-0.3, -0.25) is 14.4 Å². The van der Waals surface area contributed by atoms with E-state index in [0.717, 1.165) is 27.1 Å². The first-order valence-corrected chi connectivity index (χ1v) is 16.7. The fourth-order valence-electron chi connectivity index (χ4n) is 6.19. The van der Waals surface area contributed by atoms with Gasteiger partial charge < -0.3 is 25.7 Å². The standard InChI is InChI=1S/C38H35N5O5S/c1-23(28-22-39-34-33(28)36(46)41-24(2)40-34)30-19-20-31(49-30)35(45)42-29(37(47)48)18-21-32(44)43-38(25-12-6-3-7-13-25,26-14-8-4-9-15-26)27-16-10-5-11-17-27/h3-17,19-20,22-23,29H,18,21H2,1-2H3,(H,42,45)(H,43,44)(H,47,48)(H2,39,40,41,46)/t23?,29-/m0/s1. The van der Waals surface area contributed by atoms with Crippen LogP contribution >= 0.6 is 11.3 Å². The van der Waals surface area contributed by atoms with Crippen LogP contribution in [0.1, 0.15) is 68.3 Å². The molecule has 2 atom stereocenters. The first-order chi connectivity index (χ1) is 23.7. The second-order valence-electron chi connectivity index (χ2n) is 11.8. The molecule has 0 fully saturated rings. The van der Waals surface area contributed by atoms with E-state index in [-0.39, 0.29) is 30.2 Å². The summed E-state index contributed by atoms with van der Waals surface area (Å²) in [6.07, 6.45) is 1.46. The van der Waals surface area contributed by atoms with Crippen molar-refractivity contribution in [2.75, 3.05) is 0 Å². The van der Waals surface area contributed by atoms with E-state index in [2.05, 4.69) is 25.6 Å². The predicted molar refractivity (Wildman–Crippen MR) is 189 cm³/mol. The van der Waals surface area contributed by atoms with Crippen molar-refractivity contribution in [3.63, 3.8) is 0 Å². The Morgan fingerprint density at radius 2 is 1.45 bits per heavy atom. The zero-order valence-corrected chi connectivity index (χ0v) is 27.7. The average molecular weight is 674 g/mol. The second-order valence-corrected chi connectivity index (χ2v) is 13.0. The molecule has 10 nitrogen and oxygen atoms in total. The highest BCUT2D eigenvalue weighted by atomic mass is 32.1. The minimum Gasteiger partial charge on any atom is -0.480 e. The summed E-state index contributed by atoms with van der Waals surface area (Å²) >= 11 is 1.21. The summed E-state index contributed by atoms with van der Waals surface area (Å²) in [5, 5.41) is 16.3. The van der Waals surface area contributed by atoms with Gasteiger partial charge in [0.2, 0.25) is 5.91 Å². The molecule has 0 aliphatic rings. The number of hydrogen-bond donors (Lipinski definition) is 5.